The third-order valence-corrected chi connectivity index (χ3v) is 3.78. The van der Waals surface area contributed by atoms with E-state index in [9.17, 15) is 4.39 Å². The van der Waals surface area contributed by atoms with Crippen LogP contribution >= 0.6 is 0 Å². The maximum absolute atomic E-state index is 12.1. The van der Waals surface area contributed by atoms with Gasteiger partial charge in [-0.3, -0.25) is 4.39 Å². The maximum atomic E-state index is 12.1. The summed E-state index contributed by atoms with van der Waals surface area (Å²) in [5.41, 5.74) is 2.28. The summed E-state index contributed by atoms with van der Waals surface area (Å²) in [5.74, 6) is 1.80. The number of rotatable bonds is 10. The molecule has 4 heteroatoms. The van der Waals surface area contributed by atoms with Crippen molar-refractivity contribution in [2.45, 2.75) is 45.1 Å². The average molecular weight is 297 g/mol. The van der Waals surface area contributed by atoms with E-state index < -0.39 is 0 Å². The molecule has 1 rings (SSSR count). The molecule has 0 radical (unpaired) electrons. The van der Waals surface area contributed by atoms with Gasteiger partial charge in [-0.05, 0) is 62.9 Å². The van der Waals surface area contributed by atoms with Crippen LogP contribution in [0.15, 0.2) is 12.1 Å². The normalized spacial score (nSPS) is 12.2. The summed E-state index contributed by atoms with van der Waals surface area (Å²) in [6.45, 7) is 1.90. The van der Waals surface area contributed by atoms with Gasteiger partial charge in [-0.15, -0.1) is 0 Å². The molecule has 21 heavy (non-hydrogen) atoms. The third kappa shape index (κ3) is 5.54. The van der Waals surface area contributed by atoms with E-state index in [0.29, 0.717) is 12.5 Å². The average Bonchev–Trinajstić information content (AvgIpc) is 2.51. The van der Waals surface area contributed by atoms with Crippen LogP contribution < -0.4 is 14.8 Å². The zero-order valence-corrected chi connectivity index (χ0v) is 13.7. The Hall–Kier alpha value is -1.29. The van der Waals surface area contributed by atoms with E-state index in [4.69, 9.17) is 9.47 Å². The van der Waals surface area contributed by atoms with Gasteiger partial charge >= 0.3 is 0 Å². The number of hydrogen-bond acceptors (Lipinski definition) is 3. The number of hydrogen-bond donors (Lipinski definition) is 1. The first kappa shape index (κ1) is 17.8. The standard InChI is InChI=1S/C17H28FNO2/c1-13(19-2)10-15-12-16(20-3)14(11-17(15)21-4)8-6-5-7-9-18/h11-13,19H,5-10H2,1-4H3. The summed E-state index contributed by atoms with van der Waals surface area (Å²) in [5, 5.41) is 3.23. The van der Waals surface area contributed by atoms with Gasteiger partial charge in [0.15, 0.2) is 0 Å². The van der Waals surface area contributed by atoms with Crippen LogP contribution in [0.1, 0.15) is 37.3 Å². The predicted molar refractivity (Wildman–Crippen MR) is 85.3 cm³/mol. The molecule has 0 saturated carbocycles. The highest BCUT2D eigenvalue weighted by molar-refractivity contribution is 5.47. The van der Waals surface area contributed by atoms with Crippen LogP contribution in [0.5, 0.6) is 11.5 Å². The number of halogens is 1. The molecule has 1 atom stereocenters. The zero-order valence-electron chi connectivity index (χ0n) is 13.7. The Morgan fingerprint density at radius 3 is 2.24 bits per heavy atom. The molecular formula is C17H28FNO2. The van der Waals surface area contributed by atoms with Crippen LogP contribution in [0.25, 0.3) is 0 Å². The summed E-state index contributed by atoms with van der Waals surface area (Å²) in [4.78, 5) is 0. The number of nitrogens with one attached hydrogen (secondary N) is 1. The molecule has 120 valence electrons. The number of alkyl halides is 1. The van der Waals surface area contributed by atoms with Crippen molar-refractivity contribution in [3.05, 3.63) is 23.3 Å². The van der Waals surface area contributed by atoms with Crippen molar-refractivity contribution in [3.63, 3.8) is 0 Å². The van der Waals surface area contributed by atoms with Gasteiger partial charge in [0, 0.05) is 6.04 Å². The molecule has 1 aromatic rings. The SMILES string of the molecule is CNC(C)Cc1cc(OC)c(CCCCCF)cc1OC. The second-order valence-electron chi connectivity index (χ2n) is 5.37. The van der Waals surface area contributed by atoms with Gasteiger partial charge in [0.25, 0.3) is 0 Å². The van der Waals surface area contributed by atoms with Crippen molar-refractivity contribution in [2.75, 3.05) is 27.9 Å². The van der Waals surface area contributed by atoms with Crippen molar-refractivity contribution in [1.29, 1.82) is 0 Å². The molecule has 0 saturated heterocycles. The number of aryl methyl sites for hydroxylation is 1. The molecule has 1 N–H and O–H groups in total. The van der Waals surface area contributed by atoms with Crippen LogP contribution in [0.4, 0.5) is 4.39 Å². The molecule has 1 unspecified atom stereocenters. The topological polar surface area (TPSA) is 30.5 Å². The van der Waals surface area contributed by atoms with Crippen molar-refractivity contribution < 1.29 is 13.9 Å². The van der Waals surface area contributed by atoms with E-state index in [1.807, 2.05) is 7.05 Å². The Labute approximate surface area is 127 Å². The number of likely N-dealkylation sites (N-methyl/N-ethyl adjacent to an activating group) is 1. The molecule has 0 amide bonds. The molecule has 1 aromatic carbocycles. The largest absolute Gasteiger partial charge is 0.496 e. The van der Waals surface area contributed by atoms with Gasteiger partial charge in [-0.1, -0.05) is 6.42 Å². The lowest BCUT2D eigenvalue weighted by atomic mass is 9.99. The van der Waals surface area contributed by atoms with Crippen molar-refractivity contribution in [1.82, 2.24) is 5.32 Å². The molecule has 0 aliphatic heterocycles. The second kappa shape index (κ2) is 9.61. The highest BCUT2D eigenvalue weighted by Gasteiger charge is 2.13. The Morgan fingerprint density at radius 1 is 1.05 bits per heavy atom. The minimum Gasteiger partial charge on any atom is -0.496 e. The Balaban J connectivity index is 2.88. The summed E-state index contributed by atoms with van der Waals surface area (Å²) < 4.78 is 23.2. The lowest BCUT2D eigenvalue weighted by Crippen LogP contribution is -2.23. The number of methoxy groups -OCH3 is 2. The van der Waals surface area contributed by atoms with Crippen molar-refractivity contribution in [2.24, 2.45) is 0 Å². The van der Waals surface area contributed by atoms with Crippen molar-refractivity contribution in [3.8, 4) is 11.5 Å². The van der Waals surface area contributed by atoms with Gasteiger partial charge < -0.3 is 14.8 Å². The van der Waals surface area contributed by atoms with Crippen molar-refractivity contribution >= 4 is 0 Å². The van der Waals surface area contributed by atoms with Crippen LogP contribution in [-0.2, 0) is 12.8 Å². The fourth-order valence-corrected chi connectivity index (χ4v) is 2.40. The summed E-state index contributed by atoms with van der Waals surface area (Å²) in [6, 6.07) is 4.50. The second-order valence-corrected chi connectivity index (χ2v) is 5.37. The van der Waals surface area contributed by atoms with Gasteiger partial charge in [0.1, 0.15) is 11.5 Å². The van der Waals surface area contributed by atoms with Crippen LogP contribution in [0.2, 0.25) is 0 Å². The fraction of sp³-hybridized carbons (Fsp3) is 0.647. The molecule has 0 spiro atoms. The molecule has 0 heterocycles. The van der Waals surface area contributed by atoms with E-state index in [2.05, 4.69) is 24.4 Å². The number of benzene rings is 1. The summed E-state index contributed by atoms with van der Waals surface area (Å²) in [7, 11) is 5.34. The zero-order chi connectivity index (χ0) is 15.7. The van der Waals surface area contributed by atoms with E-state index >= 15 is 0 Å². The van der Waals surface area contributed by atoms with E-state index in [0.717, 1.165) is 48.3 Å². The Bertz CT molecular complexity index is 423. The first-order valence-corrected chi connectivity index (χ1v) is 7.63. The molecule has 0 aliphatic rings. The number of ether oxygens (including phenoxy) is 2. The van der Waals surface area contributed by atoms with E-state index in [1.165, 1.54) is 0 Å². The monoisotopic (exact) mass is 297 g/mol. The quantitative estimate of drug-likeness (QED) is 0.670. The molecule has 0 bridgehead atoms. The number of unbranched alkanes of at least 4 members (excludes halogenated alkanes) is 2. The first-order chi connectivity index (χ1) is 10.2. The highest BCUT2D eigenvalue weighted by Crippen LogP contribution is 2.31. The lowest BCUT2D eigenvalue weighted by molar-refractivity contribution is 0.391. The van der Waals surface area contributed by atoms with Gasteiger partial charge in [0.05, 0.1) is 20.9 Å². The van der Waals surface area contributed by atoms with Gasteiger partial charge in [-0.2, -0.15) is 0 Å². The van der Waals surface area contributed by atoms with Crippen LogP contribution in [0.3, 0.4) is 0 Å². The fourth-order valence-electron chi connectivity index (χ4n) is 2.40. The molecule has 0 fully saturated rings. The Kier molecular flexibility index (Phi) is 8.13. The summed E-state index contributed by atoms with van der Waals surface area (Å²) in [6.07, 6.45) is 4.28. The highest BCUT2D eigenvalue weighted by atomic mass is 19.1. The van der Waals surface area contributed by atoms with Gasteiger partial charge in [0.2, 0.25) is 0 Å². The van der Waals surface area contributed by atoms with Crippen LogP contribution in [0, 0.1) is 0 Å². The van der Waals surface area contributed by atoms with E-state index in [1.54, 1.807) is 14.2 Å². The molecule has 3 nitrogen and oxygen atoms in total. The lowest BCUT2D eigenvalue weighted by Gasteiger charge is -2.17. The predicted octanol–water partition coefficient (Wildman–Crippen LogP) is 3.54. The third-order valence-electron chi connectivity index (χ3n) is 3.78. The van der Waals surface area contributed by atoms with Crippen LogP contribution in [-0.4, -0.2) is 34.0 Å². The minimum absolute atomic E-state index is 0.235. The van der Waals surface area contributed by atoms with Gasteiger partial charge in [-0.25, -0.2) is 0 Å². The first-order valence-electron chi connectivity index (χ1n) is 7.63. The Morgan fingerprint density at radius 2 is 1.67 bits per heavy atom. The molecular weight excluding hydrogens is 269 g/mol. The smallest absolute Gasteiger partial charge is 0.122 e. The summed E-state index contributed by atoms with van der Waals surface area (Å²) >= 11 is 0. The molecule has 0 aromatic heterocycles. The maximum Gasteiger partial charge on any atom is 0.122 e. The minimum atomic E-state index is -0.235. The van der Waals surface area contributed by atoms with E-state index in [-0.39, 0.29) is 6.67 Å². The molecule has 0 aliphatic carbocycles.